The van der Waals surface area contributed by atoms with E-state index in [4.69, 9.17) is 0 Å². The van der Waals surface area contributed by atoms with E-state index in [1.807, 2.05) is 0 Å². The molecule has 0 atom stereocenters. The third kappa shape index (κ3) is 2.04. The van der Waals surface area contributed by atoms with Crippen LogP contribution in [0.5, 0.6) is 0 Å². The van der Waals surface area contributed by atoms with Gasteiger partial charge >= 0.3 is 0 Å². The molecule has 2 aliphatic rings. The van der Waals surface area contributed by atoms with Crippen LogP contribution in [0.25, 0.3) is 0 Å². The molecular formula is C12H13Fe-. The first-order valence-corrected chi connectivity index (χ1v) is 4.58. The first-order chi connectivity index (χ1) is 5.92. The summed E-state index contributed by atoms with van der Waals surface area (Å²) in [6, 6.07) is 0. The summed E-state index contributed by atoms with van der Waals surface area (Å²) < 4.78 is 0. The molecule has 0 saturated carbocycles. The fraction of sp³-hybridized carbons (Fsp3) is 0.333. The minimum atomic E-state index is 0. The molecule has 0 heterocycles. The molecule has 0 fully saturated rings. The van der Waals surface area contributed by atoms with Crippen LogP contribution in [0.15, 0.2) is 41.0 Å². The molecular weight excluding hydrogens is 200 g/mol. The third-order valence-electron chi connectivity index (χ3n) is 2.43. The molecule has 13 heavy (non-hydrogen) atoms. The van der Waals surface area contributed by atoms with Crippen LogP contribution in [0.3, 0.4) is 0 Å². The summed E-state index contributed by atoms with van der Waals surface area (Å²) in [7, 11) is 0. The Morgan fingerprint density at radius 2 is 2.15 bits per heavy atom. The Morgan fingerprint density at radius 1 is 1.31 bits per heavy atom. The van der Waals surface area contributed by atoms with Crippen LogP contribution in [0.4, 0.5) is 0 Å². The number of rotatable bonds is 2. The molecule has 0 radical (unpaired) electrons. The summed E-state index contributed by atoms with van der Waals surface area (Å²) in [4.78, 5) is 0. The van der Waals surface area contributed by atoms with Crippen molar-refractivity contribution in [2.45, 2.75) is 26.2 Å². The zero-order chi connectivity index (χ0) is 8.39. The van der Waals surface area contributed by atoms with Gasteiger partial charge in [0.15, 0.2) is 0 Å². The van der Waals surface area contributed by atoms with Gasteiger partial charge in [-0.2, -0.15) is 17.7 Å². The summed E-state index contributed by atoms with van der Waals surface area (Å²) in [6.45, 7) is 2.21. The maximum absolute atomic E-state index is 3.37. The SMILES string of the molecule is CCC1=C(C2=[C-]CC=C2)CC=C1.[Fe]. The molecule has 0 aromatic rings. The molecule has 0 N–H and O–H groups in total. The zero-order valence-electron chi connectivity index (χ0n) is 7.78. The van der Waals surface area contributed by atoms with Crippen molar-refractivity contribution in [3.05, 3.63) is 47.1 Å². The van der Waals surface area contributed by atoms with Gasteiger partial charge in [-0.1, -0.05) is 37.5 Å². The maximum atomic E-state index is 3.37. The largest absolute Gasteiger partial charge is 0.198 e. The first kappa shape index (κ1) is 10.6. The molecule has 0 aromatic carbocycles. The molecule has 0 unspecified atom stereocenters. The van der Waals surface area contributed by atoms with Gasteiger partial charge in [0.25, 0.3) is 0 Å². The zero-order valence-corrected chi connectivity index (χ0v) is 8.89. The van der Waals surface area contributed by atoms with E-state index in [2.05, 4.69) is 37.3 Å². The Balaban J connectivity index is 0.000000845. The van der Waals surface area contributed by atoms with E-state index >= 15 is 0 Å². The quantitative estimate of drug-likeness (QED) is 0.487. The van der Waals surface area contributed by atoms with Gasteiger partial charge < -0.3 is 0 Å². The summed E-state index contributed by atoms with van der Waals surface area (Å²) in [5, 5.41) is 0. The Labute approximate surface area is 90.6 Å². The molecule has 70 valence electrons. The van der Waals surface area contributed by atoms with Crippen LogP contribution >= 0.6 is 0 Å². The van der Waals surface area contributed by atoms with E-state index < -0.39 is 0 Å². The van der Waals surface area contributed by atoms with Gasteiger partial charge in [0.2, 0.25) is 0 Å². The Morgan fingerprint density at radius 3 is 2.77 bits per heavy atom. The second kappa shape index (κ2) is 4.64. The van der Waals surface area contributed by atoms with Crippen molar-refractivity contribution >= 4 is 0 Å². The number of allylic oxidation sites excluding steroid dienone is 8. The van der Waals surface area contributed by atoms with E-state index in [1.54, 1.807) is 0 Å². The van der Waals surface area contributed by atoms with Crippen LogP contribution in [-0.4, -0.2) is 0 Å². The van der Waals surface area contributed by atoms with Gasteiger partial charge in [0.05, 0.1) is 0 Å². The Hall–Kier alpha value is -0.521. The van der Waals surface area contributed by atoms with Crippen molar-refractivity contribution in [3.63, 3.8) is 0 Å². The monoisotopic (exact) mass is 213 g/mol. The minimum Gasteiger partial charge on any atom is -0.198 e. The van der Waals surface area contributed by atoms with Gasteiger partial charge in [-0.3, -0.25) is 0 Å². The van der Waals surface area contributed by atoms with Gasteiger partial charge in [0.1, 0.15) is 0 Å². The van der Waals surface area contributed by atoms with Crippen molar-refractivity contribution in [2.75, 3.05) is 0 Å². The fourth-order valence-corrected chi connectivity index (χ4v) is 1.78. The van der Waals surface area contributed by atoms with E-state index in [-0.39, 0.29) is 17.1 Å². The van der Waals surface area contributed by atoms with Crippen LogP contribution < -0.4 is 0 Å². The van der Waals surface area contributed by atoms with Crippen LogP contribution in [0.2, 0.25) is 0 Å². The van der Waals surface area contributed by atoms with Crippen molar-refractivity contribution in [2.24, 2.45) is 0 Å². The number of hydrogen-bond acceptors (Lipinski definition) is 0. The van der Waals surface area contributed by atoms with E-state index in [0.717, 1.165) is 19.3 Å². The molecule has 0 aromatic heterocycles. The third-order valence-corrected chi connectivity index (χ3v) is 2.43. The predicted molar refractivity (Wildman–Crippen MR) is 51.6 cm³/mol. The molecule has 0 bridgehead atoms. The van der Waals surface area contributed by atoms with Crippen molar-refractivity contribution in [3.8, 4) is 0 Å². The molecule has 0 saturated heterocycles. The van der Waals surface area contributed by atoms with Gasteiger partial charge in [0, 0.05) is 17.1 Å². The van der Waals surface area contributed by atoms with Crippen molar-refractivity contribution < 1.29 is 17.1 Å². The topological polar surface area (TPSA) is 0 Å². The van der Waals surface area contributed by atoms with E-state index in [1.165, 1.54) is 16.7 Å². The van der Waals surface area contributed by atoms with Gasteiger partial charge in [-0.15, -0.1) is 11.6 Å². The van der Waals surface area contributed by atoms with Crippen molar-refractivity contribution in [1.82, 2.24) is 0 Å². The molecule has 2 rings (SSSR count). The average molecular weight is 213 g/mol. The Bertz CT molecular complexity index is 303. The fourth-order valence-electron chi connectivity index (χ4n) is 1.78. The minimum absolute atomic E-state index is 0. The molecule has 2 aliphatic carbocycles. The summed E-state index contributed by atoms with van der Waals surface area (Å²) in [5.74, 6) is 0. The van der Waals surface area contributed by atoms with Gasteiger partial charge in [-0.05, 0) is 6.42 Å². The maximum Gasteiger partial charge on any atom is 0 e. The molecule has 0 aliphatic heterocycles. The van der Waals surface area contributed by atoms with Crippen LogP contribution in [0, 0.1) is 6.08 Å². The smallest absolute Gasteiger partial charge is 0 e. The molecule has 0 nitrogen and oxygen atoms in total. The molecule has 0 spiro atoms. The van der Waals surface area contributed by atoms with E-state index in [9.17, 15) is 0 Å². The van der Waals surface area contributed by atoms with E-state index in [0.29, 0.717) is 0 Å². The summed E-state index contributed by atoms with van der Waals surface area (Å²) in [6.07, 6.45) is 15.5. The molecule has 1 heteroatoms. The number of hydrogen-bond donors (Lipinski definition) is 0. The Kier molecular flexibility index (Phi) is 3.77. The summed E-state index contributed by atoms with van der Waals surface area (Å²) >= 11 is 0. The predicted octanol–water partition coefficient (Wildman–Crippen LogP) is 3.34. The van der Waals surface area contributed by atoms with Gasteiger partial charge in [-0.25, -0.2) is 0 Å². The average Bonchev–Trinajstić information content (AvgIpc) is 2.74. The molecule has 0 amide bonds. The standard InChI is InChI=1S/C12H13.Fe/c1-2-10-8-5-9-12(10)11-6-3-4-7-11;/h3,5-6,8H,2,4,9H2,1H3;/q-1;. The normalized spacial score (nSPS) is 19.3. The first-order valence-electron chi connectivity index (χ1n) is 4.58. The summed E-state index contributed by atoms with van der Waals surface area (Å²) in [5.41, 5.74) is 4.31. The second-order valence-corrected chi connectivity index (χ2v) is 3.16. The second-order valence-electron chi connectivity index (χ2n) is 3.16. The van der Waals surface area contributed by atoms with Crippen LogP contribution in [0.1, 0.15) is 26.2 Å². The van der Waals surface area contributed by atoms with Crippen molar-refractivity contribution in [1.29, 1.82) is 0 Å². The van der Waals surface area contributed by atoms with Crippen LogP contribution in [-0.2, 0) is 17.1 Å².